The average molecular weight is 134 g/mol. The van der Waals surface area contributed by atoms with Crippen LogP contribution in [0.4, 0.5) is 0 Å². The fraction of sp³-hybridized carbons (Fsp3) is 0.800. The van der Waals surface area contributed by atoms with Gasteiger partial charge in [-0.15, -0.1) is 0 Å². The highest BCUT2D eigenvalue weighted by Crippen LogP contribution is 2.07. The van der Waals surface area contributed by atoms with E-state index < -0.39 is 11.6 Å². The first kappa shape index (κ1) is 8.39. The third-order valence-corrected chi connectivity index (χ3v) is 1.06. The van der Waals surface area contributed by atoms with Gasteiger partial charge in [0.2, 0.25) is 0 Å². The van der Waals surface area contributed by atoms with Gasteiger partial charge >= 0.3 is 5.97 Å². The highest BCUT2D eigenvalue weighted by Gasteiger charge is 2.28. The van der Waals surface area contributed by atoms with Crippen LogP contribution in [-0.4, -0.2) is 33.5 Å². The molecule has 0 bridgehead atoms. The van der Waals surface area contributed by atoms with E-state index in [1.54, 1.807) is 0 Å². The molecule has 0 aliphatic carbocycles. The maximum atomic E-state index is 10.0. The Morgan fingerprint density at radius 3 is 2.22 bits per heavy atom. The lowest BCUT2D eigenvalue weighted by Crippen LogP contribution is -2.35. The molecular formula is C5H10O4. The molecule has 0 radical (unpaired) electrons. The van der Waals surface area contributed by atoms with Crippen molar-refractivity contribution in [2.75, 3.05) is 6.61 Å². The standard InChI is InChI=1S/C5H10O4/c1-5(9,2-3-6)4(7)8/h6,9H,2-3H2,1H3,(H,7,8)/t5-/m0/s1. The van der Waals surface area contributed by atoms with Crippen molar-refractivity contribution in [1.29, 1.82) is 0 Å². The van der Waals surface area contributed by atoms with Crippen molar-refractivity contribution in [2.45, 2.75) is 18.9 Å². The van der Waals surface area contributed by atoms with Crippen LogP contribution in [-0.2, 0) is 4.79 Å². The Morgan fingerprint density at radius 1 is 1.67 bits per heavy atom. The van der Waals surface area contributed by atoms with Crippen LogP contribution in [0, 0.1) is 0 Å². The van der Waals surface area contributed by atoms with Crippen LogP contribution in [0.25, 0.3) is 0 Å². The van der Waals surface area contributed by atoms with Crippen LogP contribution in [0.1, 0.15) is 13.3 Å². The Bertz CT molecular complexity index is 108. The fourth-order valence-corrected chi connectivity index (χ4v) is 0.325. The van der Waals surface area contributed by atoms with Crippen molar-refractivity contribution in [3.8, 4) is 0 Å². The summed E-state index contributed by atoms with van der Waals surface area (Å²) in [6.45, 7) is 0.824. The number of hydrogen-bond donors (Lipinski definition) is 3. The number of aliphatic carboxylic acids is 1. The molecule has 0 saturated heterocycles. The van der Waals surface area contributed by atoms with Crippen LogP contribution < -0.4 is 0 Å². The Kier molecular flexibility index (Phi) is 2.61. The highest BCUT2D eigenvalue weighted by atomic mass is 16.4. The minimum absolute atomic E-state index is 0.137. The summed E-state index contributed by atoms with van der Waals surface area (Å²) in [5.74, 6) is -1.31. The third kappa shape index (κ3) is 2.43. The molecule has 54 valence electrons. The highest BCUT2D eigenvalue weighted by molar-refractivity contribution is 5.76. The van der Waals surface area contributed by atoms with E-state index in [1.165, 1.54) is 0 Å². The van der Waals surface area contributed by atoms with Gasteiger partial charge in [0.25, 0.3) is 0 Å². The molecule has 4 heteroatoms. The summed E-state index contributed by atoms with van der Waals surface area (Å²) in [7, 11) is 0. The number of carboxylic acid groups (broad SMARTS) is 1. The van der Waals surface area contributed by atoms with Gasteiger partial charge in [-0.3, -0.25) is 0 Å². The number of aliphatic hydroxyl groups excluding tert-OH is 1. The third-order valence-electron chi connectivity index (χ3n) is 1.06. The summed E-state index contributed by atoms with van der Waals surface area (Å²) >= 11 is 0. The van der Waals surface area contributed by atoms with Gasteiger partial charge < -0.3 is 15.3 Å². The summed E-state index contributed by atoms with van der Waals surface area (Å²) in [5, 5.41) is 25.3. The zero-order valence-corrected chi connectivity index (χ0v) is 5.16. The van der Waals surface area contributed by atoms with E-state index in [9.17, 15) is 4.79 Å². The largest absolute Gasteiger partial charge is 0.479 e. The molecule has 0 aromatic heterocycles. The van der Waals surface area contributed by atoms with E-state index in [2.05, 4.69) is 0 Å². The van der Waals surface area contributed by atoms with Gasteiger partial charge in [-0.05, 0) is 6.92 Å². The summed E-state index contributed by atoms with van der Waals surface area (Å²) in [6.07, 6.45) is -0.137. The van der Waals surface area contributed by atoms with E-state index in [4.69, 9.17) is 15.3 Å². The maximum absolute atomic E-state index is 10.0. The second-order valence-corrected chi connectivity index (χ2v) is 2.05. The normalized spacial score (nSPS) is 16.8. The van der Waals surface area contributed by atoms with Gasteiger partial charge in [-0.25, -0.2) is 4.79 Å². The number of carbonyl (C=O) groups is 1. The van der Waals surface area contributed by atoms with Crippen molar-refractivity contribution in [3.05, 3.63) is 0 Å². The molecule has 4 nitrogen and oxygen atoms in total. The molecule has 0 aromatic carbocycles. The average Bonchev–Trinajstić information content (AvgIpc) is 1.65. The molecule has 0 amide bonds. The topological polar surface area (TPSA) is 77.8 Å². The van der Waals surface area contributed by atoms with E-state index in [0.717, 1.165) is 6.92 Å². The lowest BCUT2D eigenvalue weighted by atomic mass is 10.0. The number of rotatable bonds is 3. The summed E-state index contributed by atoms with van der Waals surface area (Å²) in [4.78, 5) is 10.0. The predicted octanol–water partition coefficient (Wildman–Crippen LogP) is -0.796. The maximum Gasteiger partial charge on any atom is 0.335 e. The van der Waals surface area contributed by atoms with Gasteiger partial charge in [0, 0.05) is 13.0 Å². The van der Waals surface area contributed by atoms with Crippen LogP contribution in [0.15, 0.2) is 0 Å². The molecule has 0 rings (SSSR count). The van der Waals surface area contributed by atoms with Crippen molar-refractivity contribution >= 4 is 5.97 Å². The quantitative estimate of drug-likeness (QED) is 0.472. The first-order valence-corrected chi connectivity index (χ1v) is 2.57. The Morgan fingerprint density at radius 2 is 2.11 bits per heavy atom. The molecular weight excluding hydrogens is 124 g/mol. The summed E-state index contributed by atoms with van der Waals surface area (Å²) < 4.78 is 0. The molecule has 1 atom stereocenters. The Hall–Kier alpha value is -0.610. The van der Waals surface area contributed by atoms with Crippen molar-refractivity contribution < 1.29 is 20.1 Å². The van der Waals surface area contributed by atoms with Crippen molar-refractivity contribution in [3.63, 3.8) is 0 Å². The predicted molar refractivity (Wildman–Crippen MR) is 30.0 cm³/mol. The van der Waals surface area contributed by atoms with Gasteiger partial charge in [0.05, 0.1) is 0 Å². The zero-order valence-electron chi connectivity index (χ0n) is 5.16. The smallest absolute Gasteiger partial charge is 0.335 e. The van der Waals surface area contributed by atoms with Crippen LogP contribution in [0.2, 0.25) is 0 Å². The van der Waals surface area contributed by atoms with E-state index >= 15 is 0 Å². The first-order chi connectivity index (χ1) is 4.00. The van der Waals surface area contributed by atoms with Crippen molar-refractivity contribution in [2.24, 2.45) is 0 Å². The molecule has 0 aliphatic heterocycles. The zero-order chi connectivity index (χ0) is 7.49. The van der Waals surface area contributed by atoms with Crippen LogP contribution >= 0.6 is 0 Å². The van der Waals surface area contributed by atoms with Gasteiger partial charge in [-0.1, -0.05) is 0 Å². The Balaban J connectivity index is 3.85. The minimum atomic E-state index is -1.78. The molecule has 3 N–H and O–H groups in total. The molecule has 0 unspecified atom stereocenters. The lowest BCUT2D eigenvalue weighted by molar-refractivity contribution is -0.157. The molecule has 0 aromatic rings. The van der Waals surface area contributed by atoms with Gasteiger partial charge in [0.15, 0.2) is 5.60 Å². The van der Waals surface area contributed by atoms with E-state index in [0.29, 0.717) is 0 Å². The van der Waals surface area contributed by atoms with Crippen LogP contribution in [0.5, 0.6) is 0 Å². The molecule has 0 fully saturated rings. The number of carboxylic acids is 1. The second-order valence-electron chi connectivity index (χ2n) is 2.05. The second kappa shape index (κ2) is 2.80. The lowest BCUT2D eigenvalue weighted by Gasteiger charge is -2.14. The van der Waals surface area contributed by atoms with E-state index in [-0.39, 0.29) is 13.0 Å². The SMILES string of the molecule is C[C@](O)(CCO)C(=O)O. The Labute approximate surface area is 52.7 Å². The van der Waals surface area contributed by atoms with Crippen LogP contribution in [0.3, 0.4) is 0 Å². The fourth-order valence-electron chi connectivity index (χ4n) is 0.325. The molecule has 0 heterocycles. The summed E-state index contributed by atoms with van der Waals surface area (Å²) in [5.41, 5.74) is -1.78. The molecule has 0 saturated carbocycles. The van der Waals surface area contributed by atoms with Crippen molar-refractivity contribution in [1.82, 2.24) is 0 Å². The molecule has 0 aliphatic rings. The molecule has 0 spiro atoms. The molecule has 9 heavy (non-hydrogen) atoms. The van der Waals surface area contributed by atoms with Gasteiger partial charge in [-0.2, -0.15) is 0 Å². The summed E-state index contributed by atoms with van der Waals surface area (Å²) in [6, 6.07) is 0. The minimum Gasteiger partial charge on any atom is -0.479 e. The van der Waals surface area contributed by atoms with Gasteiger partial charge in [0.1, 0.15) is 0 Å². The van der Waals surface area contributed by atoms with E-state index in [1.807, 2.05) is 0 Å². The number of aliphatic hydroxyl groups is 2. The first-order valence-electron chi connectivity index (χ1n) is 2.57. The number of hydrogen-bond acceptors (Lipinski definition) is 3. The monoisotopic (exact) mass is 134 g/mol.